The first-order chi connectivity index (χ1) is 14.5. The molecule has 0 bridgehead atoms. The van der Waals surface area contributed by atoms with Gasteiger partial charge in [-0.1, -0.05) is 23.2 Å². The lowest BCUT2D eigenvalue weighted by Crippen LogP contribution is -2.02. The maximum absolute atomic E-state index is 12.1. The number of phenolic OH excluding ortho intramolecular Hbond substituents is 2. The van der Waals surface area contributed by atoms with Crippen LogP contribution in [0.5, 0.6) is 11.5 Å². The number of phenols is 2. The predicted octanol–water partition coefficient (Wildman–Crippen LogP) is 8.37. The molecule has 0 fully saturated rings. The summed E-state index contributed by atoms with van der Waals surface area (Å²) in [5.74, 6) is -1.09. The first kappa shape index (κ1) is 24.0. The van der Waals surface area contributed by atoms with E-state index in [1.807, 2.05) is 90.4 Å². The molecule has 0 saturated carbocycles. The Kier molecular flexibility index (Phi) is 6.92. The molecule has 0 aliphatic rings. The lowest BCUT2D eigenvalue weighted by atomic mass is 9.93. The minimum atomic E-state index is -1.19. The minimum absolute atomic E-state index is 0.0492. The SMILES string of the molecule is O=C(O)c1cc(Cl)cc(Cl)c1-c1c2cc(I)c(O)c(I)c2[o+]c2c(I)c(O)c(I)cc12. The molecule has 0 aliphatic carbocycles. The monoisotopic (exact) mass is 905 g/mol. The van der Waals surface area contributed by atoms with E-state index >= 15 is 0 Å². The number of halogens is 6. The van der Waals surface area contributed by atoms with Crippen LogP contribution in [0.25, 0.3) is 33.1 Å². The molecule has 3 N–H and O–H groups in total. The molecule has 4 aromatic rings. The van der Waals surface area contributed by atoms with E-state index in [2.05, 4.69) is 0 Å². The number of fused-ring (bicyclic) bond motifs is 2. The van der Waals surface area contributed by atoms with Gasteiger partial charge in [0.2, 0.25) is 0 Å². The average Bonchev–Trinajstić information content (AvgIpc) is 2.70. The van der Waals surface area contributed by atoms with Gasteiger partial charge >= 0.3 is 17.1 Å². The van der Waals surface area contributed by atoms with E-state index in [-0.39, 0.29) is 32.7 Å². The van der Waals surface area contributed by atoms with Crippen molar-refractivity contribution in [3.63, 3.8) is 0 Å². The van der Waals surface area contributed by atoms with Gasteiger partial charge in [-0.2, -0.15) is 0 Å². The third-order valence-corrected chi connectivity index (χ3v) is 8.74. The normalized spacial score (nSPS) is 11.4. The number of carboxylic acids is 1. The van der Waals surface area contributed by atoms with Gasteiger partial charge in [-0.05, 0) is 115 Å². The fraction of sp³-hybridized carbons (Fsp3) is 0. The molecule has 158 valence electrons. The zero-order chi connectivity index (χ0) is 22.8. The van der Waals surface area contributed by atoms with Gasteiger partial charge in [0.05, 0.1) is 28.5 Å². The first-order valence-electron chi connectivity index (χ1n) is 8.23. The Morgan fingerprint density at radius 1 is 0.806 bits per heavy atom. The van der Waals surface area contributed by atoms with Crippen molar-refractivity contribution in [2.75, 3.05) is 0 Å². The van der Waals surface area contributed by atoms with Crippen molar-refractivity contribution in [2.45, 2.75) is 0 Å². The Balaban J connectivity index is 2.38. The van der Waals surface area contributed by atoms with Crippen LogP contribution in [0.15, 0.2) is 28.7 Å². The van der Waals surface area contributed by atoms with Crippen LogP contribution in [-0.2, 0) is 0 Å². The average molecular weight is 906 g/mol. The summed E-state index contributed by atoms with van der Waals surface area (Å²) in [5, 5.41) is 32.4. The molecule has 3 aromatic carbocycles. The van der Waals surface area contributed by atoms with E-state index < -0.39 is 5.97 Å². The molecule has 0 unspecified atom stereocenters. The Labute approximate surface area is 239 Å². The van der Waals surface area contributed by atoms with Crippen LogP contribution in [0.3, 0.4) is 0 Å². The molecule has 0 spiro atoms. The Morgan fingerprint density at radius 2 is 1.29 bits per heavy atom. The number of carbonyl (C=O) groups is 1. The van der Waals surface area contributed by atoms with Gasteiger partial charge in [0.15, 0.2) is 18.6 Å². The number of rotatable bonds is 2. The largest absolute Gasteiger partial charge is 0.505 e. The molecule has 1 aromatic heterocycles. The Bertz CT molecular complexity index is 1380. The molecule has 4 rings (SSSR count). The smallest absolute Gasteiger partial charge is 0.378 e. The van der Waals surface area contributed by atoms with Crippen molar-refractivity contribution in [1.82, 2.24) is 0 Å². The number of hydrogen-bond donors (Lipinski definition) is 3. The quantitative estimate of drug-likeness (QED) is 0.107. The summed E-state index contributed by atoms with van der Waals surface area (Å²) in [6, 6.07) is 6.27. The summed E-state index contributed by atoms with van der Waals surface area (Å²) in [6.45, 7) is 0. The molecule has 0 radical (unpaired) electrons. The van der Waals surface area contributed by atoms with Crippen LogP contribution >= 0.6 is 114 Å². The highest BCUT2D eigenvalue weighted by Gasteiger charge is 2.32. The van der Waals surface area contributed by atoms with Crippen LogP contribution < -0.4 is 0 Å². The van der Waals surface area contributed by atoms with Crippen LogP contribution in [-0.4, -0.2) is 21.3 Å². The maximum Gasteiger partial charge on any atom is 0.378 e. The number of benzene rings is 3. The summed E-state index contributed by atoms with van der Waals surface area (Å²) in [4.78, 5) is 12.1. The molecule has 0 atom stereocenters. The topological polar surface area (TPSA) is 89.1 Å². The van der Waals surface area contributed by atoms with Gasteiger partial charge < -0.3 is 15.3 Å². The zero-order valence-corrected chi connectivity index (χ0v) is 24.9. The zero-order valence-electron chi connectivity index (χ0n) is 14.7. The minimum Gasteiger partial charge on any atom is -0.505 e. The summed E-state index contributed by atoms with van der Waals surface area (Å²) in [5.41, 5.74) is 1.42. The van der Waals surface area contributed by atoms with Crippen LogP contribution in [0, 0.1) is 14.3 Å². The van der Waals surface area contributed by atoms with E-state index in [1.165, 1.54) is 12.1 Å². The maximum atomic E-state index is 12.1. The fourth-order valence-electron chi connectivity index (χ4n) is 3.27. The third kappa shape index (κ3) is 4.04. The Morgan fingerprint density at radius 3 is 1.74 bits per heavy atom. The third-order valence-electron chi connectivity index (χ3n) is 4.58. The van der Waals surface area contributed by atoms with Crippen molar-refractivity contribution in [3.8, 4) is 22.6 Å². The molecular weight excluding hydrogens is 899 g/mol. The highest BCUT2D eigenvalue weighted by atomic mass is 127. The molecule has 31 heavy (non-hydrogen) atoms. The van der Waals surface area contributed by atoms with E-state index in [0.29, 0.717) is 41.8 Å². The summed E-state index contributed by atoms with van der Waals surface area (Å²) in [6.07, 6.45) is 0. The second kappa shape index (κ2) is 8.92. The van der Waals surface area contributed by atoms with Crippen molar-refractivity contribution < 1.29 is 24.5 Å². The van der Waals surface area contributed by atoms with Gasteiger partial charge in [0.1, 0.15) is 0 Å². The van der Waals surface area contributed by atoms with E-state index in [0.717, 1.165) is 0 Å². The lowest BCUT2D eigenvalue weighted by Gasteiger charge is -2.13. The number of hydrogen-bond acceptors (Lipinski definition) is 3. The second-order valence-electron chi connectivity index (χ2n) is 6.39. The van der Waals surface area contributed by atoms with Crippen molar-refractivity contribution in [2.24, 2.45) is 0 Å². The molecule has 11 heteroatoms. The van der Waals surface area contributed by atoms with E-state index in [1.54, 1.807) is 12.1 Å². The highest BCUT2D eigenvalue weighted by Crippen LogP contribution is 2.48. The van der Waals surface area contributed by atoms with Crippen molar-refractivity contribution in [1.29, 1.82) is 0 Å². The molecule has 5 nitrogen and oxygen atoms in total. The molecule has 0 saturated heterocycles. The first-order valence-corrected chi connectivity index (χ1v) is 13.3. The van der Waals surface area contributed by atoms with Crippen molar-refractivity contribution >= 4 is 141 Å². The fourth-order valence-corrected chi connectivity index (χ4v) is 7.43. The second-order valence-corrected chi connectivity index (χ2v) is 11.7. The predicted molar refractivity (Wildman–Crippen MR) is 155 cm³/mol. The number of aromatic carboxylic acids is 1. The van der Waals surface area contributed by atoms with Crippen LogP contribution in [0.2, 0.25) is 10.0 Å². The van der Waals surface area contributed by atoms with Crippen LogP contribution in [0.4, 0.5) is 0 Å². The van der Waals surface area contributed by atoms with Gasteiger partial charge in [-0.25, -0.2) is 9.21 Å². The highest BCUT2D eigenvalue weighted by molar-refractivity contribution is 14.1. The van der Waals surface area contributed by atoms with Gasteiger partial charge in [-0.15, -0.1) is 0 Å². The number of aromatic hydroxyl groups is 2. The summed E-state index contributed by atoms with van der Waals surface area (Å²) >= 11 is 20.6. The summed E-state index contributed by atoms with van der Waals surface area (Å²) in [7, 11) is 0. The van der Waals surface area contributed by atoms with Crippen molar-refractivity contribution in [3.05, 3.63) is 54.2 Å². The van der Waals surface area contributed by atoms with Crippen LogP contribution in [0.1, 0.15) is 10.4 Å². The number of carboxylic acid groups (broad SMARTS) is 1. The molecule has 0 aliphatic heterocycles. The standard InChI is InChI=1S/C20H6Cl2I4O5/c21-5-1-8(20(29)30)13(9(22)2-5)12-6-3-10(23)16(27)14(25)18(6)31-19-7(12)4-11(24)17(28)15(19)26/h1-4H,(H2-,27,28,29,30)/p+1. The molecular formula is C20H7Cl2I4O5+. The van der Waals surface area contributed by atoms with Gasteiger partial charge in [0.25, 0.3) is 0 Å². The summed E-state index contributed by atoms with van der Waals surface area (Å²) < 4.78 is 8.19. The van der Waals surface area contributed by atoms with Gasteiger partial charge in [0, 0.05) is 16.1 Å². The Hall–Kier alpha value is -0.100. The van der Waals surface area contributed by atoms with E-state index in [4.69, 9.17) is 27.6 Å². The molecule has 1 heterocycles. The van der Waals surface area contributed by atoms with Gasteiger partial charge in [-0.3, -0.25) is 0 Å². The van der Waals surface area contributed by atoms with E-state index in [9.17, 15) is 20.1 Å². The lowest BCUT2D eigenvalue weighted by molar-refractivity contribution is 0.0697. The molecule has 0 amide bonds.